The number of ether oxygens (including phenoxy) is 1. The van der Waals surface area contributed by atoms with Crippen LogP contribution in [0.15, 0.2) is 39.9 Å². The number of nitrogens with one attached hydrogen (secondary N) is 1. The van der Waals surface area contributed by atoms with Gasteiger partial charge in [0.1, 0.15) is 5.75 Å². The highest BCUT2D eigenvalue weighted by molar-refractivity contribution is 5.78. The third-order valence-electron chi connectivity index (χ3n) is 3.61. The Morgan fingerprint density at radius 2 is 1.75 bits per heavy atom. The summed E-state index contributed by atoms with van der Waals surface area (Å²) in [5, 5.41) is -0.445. The quantitative estimate of drug-likeness (QED) is 0.746. The Labute approximate surface area is 132 Å². The van der Waals surface area contributed by atoms with Crippen molar-refractivity contribution in [3.8, 4) is 5.75 Å². The van der Waals surface area contributed by atoms with Gasteiger partial charge in [-0.25, -0.2) is 18.0 Å². The van der Waals surface area contributed by atoms with Crippen LogP contribution in [0.3, 0.4) is 0 Å². The zero-order chi connectivity index (χ0) is 17.4. The molecule has 0 unspecified atom stereocenters. The summed E-state index contributed by atoms with van der Waals surface area (Å²) in [6.07, 6.45) is 0. The fourth-order valence-electron chi connectivity index (χ4n) is 2.36. The maximum absolute atomic E-state index is 13.7. The first-order valence-electron chi connectivity index (χ1n) is 6.85. The molecule has 24 heavy (non-hydrogen) atoms. The lowest BCUT2D eigenvalue weighted by Crippen LogP contribution is -2.35. The van der Waals surface area contributed by atoms with Gasteiger partial charge in [0.2, 0.25) is 0 Å². The van der Waals surface area contributed by atoms with Crippen LogP contribution in [0.1, 0.15) is 5.56 Å². The Morgan fingerprint density at radius 1 is 1.08 bits per heavy atom. The topological polar surface area (TPSA) is 64.1 Å². The number of rotatable bonds is 3. The van der Waals surface area contributed by atoms with E-state index in [1.54, 1.807) is 24.3 Å². The molecule has 0 atom stereocenters. The van der Waals surface area contributed by atoms with E-state index in [-0.39, 0.29) is 6.54 Å². The summed E-state index contributed by atoms with van der Waals surface area (Å²) < 4.78 is 46.1. The molecule has 1 aromatic heterocycles. The van der Waals surface area contributed by atoms with Gasteiger partial charge in [-0.1, -0.05) is 12.1 Å². The van der Waals surface area contributed by atoms with Crippen molar-refractivity contribution >= 4 is 10.9 Å². The van der Waals surface area contributed by atoms with Crippen molar-refractivity contribution in [2.75, 3.05) is 7.11 Å². The molecule has 3 rings (SSSR count). The fraction of sp³-hybridized carbons (Fsp3) is 0.125. The van der Waals surface area contributed by atoms with Crippen molar-refractivity contribution in [2.24, 2.45) is 0 Å². The largest absolute Gasteiger partial charge is 0.497 e. The van der Waals surface area contributed by atoms with Gasteiger partial charge in [-0.3, -0.25) is 9.36 Å². The predicted molar refractivity (Wildman–Crippen MR) is 80.8 cm³/mol. The van der Waals surface area contributed by atoms with Gasteiger partial charge >= 0.3 is 5.69 Å². The van der Waals surface area contributed by atoms with Crippen molar-refractivity contribution in [3.63, 3.8) is 0 Å². The molecule has 8 heteroatoms. The molecule has 1 N–H and O–H groups in total. The number of methoxy groups -OCH3 is 1. The second-order valence-electron chi connectivity index (χ2n) is 5.08. The highest BCUT2D eigenvalue weighted by Crippen LogP contribution is 2.18. The summed E-state index contributed by atoms with van der Waals surface area (Å²) in [5.41, 5.74) is -1.89. The van der Waals surface area contributed by atoms with Crippen LogP contribution in [0.4, 0.5) is 13.2 Å². The molecular weight excluding hydrogens is 325 g/mol. The maximum Gasteiger partial charge on any atom is 0.329 e. The number of nitrogens with zero attached hydrogens (tertiary/aromatic N) is 1. The Balaban J connectivity index is 2.16. The molecule has 0 bridgehead atoms. The van der Waals surface area contributed by atoms with Crippen molar-refractivity contribution in [2.45, 2.75) is 6.54 Å². The van der Waals surface area contributed by atoms with Gasteiger partial charge in [0.05, 0.1) is 24.6 Å². The summed E-state index contributed by atoms with van der Waals surface area (Å²) in [6, 6.07) is 7.13. The Bertz CT molecular complexity index is 1040. The van der Waals surface area contributed by atoms with E-state index in [0.29, 0.717) is 17.4 Å². The molecule has 0 saturated carbocycles. The van der Waals surface area contributed by atoms with E-state index in [1.165, 1.54) is 7.11 Å². The first kappa shape index (κ1) is 15.9. The Hall–Kier alpha value is -3.03. The molecule has 3 aromatic rings. The standard InChI is InChI=1S/C16H11F3N2O3/c1-24-9-4-2-8(3-5-9)7-21-15(22)10-6-11(17)12(18)13(19)14(10)20-16(21)23/h2-6H,7H2,1H3,(H,20,23). The van der Waals surface area contributed by atoms with Gasteiger partial charge in [-0.15, -0.1) is 0 Å². The van der Waals surface area contributed by atoms with Crippen molar-refractivity contribution in [1.82, 2.24) is 9.55 Å². The van der Waals surface area contributed by atoms with E-state index in [4.69, 9.17) is 4.74 Å². The monoisotopic (exact) mass is 336 g/mol. The van der Waals surface area contributed by atoms with Gasteiger partial charge in [0.15, 0.2) is 17.5 Å². The SMILES string of the molecule is COc1ccc(Cn2c(=O)[nH]c3c(F)c(F)c(F)cc3c2=O)cc1. The number of halogens is 3. The molecule has 5 nitrogen and oxygen atoms in total. The zero-order valence-corrected chi connectivity index (χ0v) is 12.4. The van der Waals surface area contributed by atoms with Crippen molar-refractivity contribution in [3.05, 3.63) is 74.2 Å². The number of aromatic amines is 1. The van der Waals surface area contributed by atoms with E-state index in [0.717, 1.165) is 4.57 Å². The second kappa shape index (κ2) is 5.88. The number of fused-ring (bicyclic) bond motifs is 1. The molecule has 0 radical (unpaired) electrons. The molecule has 0 fully saturated rings. The van der Waals surface area contributed by atoms with E-state index >= 15 is 0 Å². The normalized spacial score (nSPS) is 11.0. The maximum atomic E-state index is 13.7. The van der Waals surface area contributed by atoms with E-state index in [1.807, 2.05) is 0 Å². The van der Waals surface area contributed by atoms with Crippen LogP contribution in [-0.4, -0.2) is 16.7 Å². The second-order valence-corrected chi connectivity index (χ2v) is 5.08. The summed E-state index contributed by atoms with van der Waals surface area (Å²) in [4.78, 5) is 26.5. The van der Waals surface area contributed by atoms with Gasteiger partial charge in [-0.2, -0.15) is 0 Å². The third-order valence-corrected chi connectivity index (χ3v) is 3.61. The van der Waals surface area contributed by atoms with Crippen LogP contribution >= 0.6 is 0 Å². The van der Waals surface area contributed by atoms with Gasteiger partial charge in [0.25, 0.3) is 5.56 Å². The number of hydrogen-bond acceptors (Lipinski definition) is 3. The highest BCUT2D eigenvalue weighted by Gasteiger charge is 2.18. The minimum absolute atomic E-state index is 0.116. The van der Waals surface area contributed by atoms with E-state index < -0.39 is 39.6 Å². The first-order valence-corrected chi connectivity index (χ1v) is 6.85. The molecule has 0 aliphatic heterocycles. The fourth-order valence-corrected chi connectivity index (χ4v) is 2.36. The summed E-state index contributed by atoms with van der Waals surface area (Å²) in [6.45, 7) is -0.116. The van der Waals surface area contributed by atoms with Crippen LogP contribution < -0.4 is 16.0 Å². The molecule has 0 aliphatic carbocycles. The lowest BCUT2D eigenvalue weighted by molar-refractivity contribution is 0.414. The highest BCUT2D eigenvalue weighted by atomic mass is 19.2. The summed E-state index contributed by atoms with van der Waals surface area (Å²) in [7, 11) is 1.50. The molecular formula is C16H11F3N2O3. The van der Waals surface area contributed by atoms with Crippen LogP contribution in [0.2, 0.25) is 0 Å². The van der Waals surface area contributed by atoms with Crippen molar-refractivity contribution < 1.29 is 17.9 Å². The number of hydrogen-bond donors (Lipinski definition) is 1. The van der Waals surface area contributed by atoms with Gasteiger partial charge in [0, 0.05) is 0 Å². The summed E-state index contributed by atoms with van der Waals surface area (Å²) in [5.74, 6) is -4.25. The van der Waals surface area contributed by atoms with E-state index in [2.05, 4.69) is 4.98 Å². The van der Waals surface area contributed by atoms with Gasteiger partial charge in [-0.05, 0) is 23.8 Å². The number of benzene rings is 2. The molecule has 0 aliphatic rings. The Kier molecular flexibility index (Phi) is 3.88. The zero-order valence-electron chi connectivity index (χ0n) is 12.4. The minimum atomic E-state index is -1.74. The first-order chi connectivity index (χ1) is 11.4. The predicted octanol–water partition coefficient (Wildman–Crippen LogP) is 2.16. The molecule has 2 aromatic carbocycles. The summed E-state index contributed by atoms with van der Waals surface area (Å²) >= 11 is 0. The van der Waals surface area contributed by atoms with Crippen LogP contribution in [0.25, 0.3) is 10.9 Å². The lowest BCUT2D eigenvalue weighted by Gasteiger charge is -2.08. The molecule has 124 valence electrons. The molecule has 0 amide bonds. The van der Waals surface area contributed by atoms with Gasteiger partial charge < -0.3 is 9.72 Å². The van der Waals surface area contributed by atoms with E-state index in [9.17, 15) is 22.8 Å². The van der Waals surface area contributed by atoms with Crippen LogP contribution in [0, 0.1) is 17.5 Å². The molecule has 0 saturated heterocycles. The molecule has 0 spiro atoms. The van der Waals surface area contributed by atoms with Crippen molar-refractivity contribution in [1.29, 1.82) is 0 Å². The number of aromatic nitrogens is 2. The lowest BCUT2D eigenvalue weighted by atomic mass is 10.2. The van der Waals surface area contributed by atoms with Crippen LogP contribution in [0.5, 0.6) is 5.75 Å². The van der Waals surface area contributed by atoms with Crippen LogP contribution in [-0.2, 0) is 6.54 Å². The minimum Gasteiger partial charge on any atom is -0.497 e. The Morgan fingerprint density at radius 3 is 2.38 bits per heavy atom. The third kappa shape index (κ3) is 2.55. The molecule has 1 heterocycles. The number of H-pyrrole nitrogens is 1. The average Bonchev–Trinajstić information content (AvgIpc) is 2.58. The average molecular weight is 336 g/mol. The smallest absolute Gasteiger partial charge is 0.329 e.